The molecule has 3 amide bonds. The van der Waals surface area contributed by atoms with E-state index in [2.05, 4.69) is 10.6 Å². The number of imide groups is 1. The molecule has 2 N–H and O–H groups in total. The third-order valence-corrected chi connectivity index (χ3v) is 2.23. The van der Waals surface area contributed by atoms with Crippen molar-refractivity contribution >= 4 is 11.9 Å². The highest BCUT2D eigenvalue weighted by atomic mass is 16.2. The van der Waals surface area contributed by atoms with Gasteiger partial charge in [-0.3, -0.25) is 10.1 Å². The van der Waals surface area contributed by atoms with Crippen LogP contribution in [0, 0.1) is 5.92 Å². The van der Waals surface area contributed by atoms with Gasteiger partial charge in [0.05, 0.1) is 0 Å². The van der Waals surface area contributed by atoms with E-state index in [9.17, 15) is 9.59 Å². The zero-order valence-electron chi connectivity index (χ0n) is 6.89. The van der Waals surface area contributed by atoms with Crippen LogP contribution in [0.3, 0.4) is 0 Å². The third-order valence-electron chi connectivity index (χ3n) is 2.23. The minimum Gasteiger partial charge on any atom is -0.323 e. The number of hydrogen-bond donors (Lipinski definition) is 2. The van der Waals surface area contributed by atoms with Gasteiger partial charge in [-0.25, -0.2) is 4.79 Å². The lowest BCUT2D eigenvalue weighted by atomic mass is 9.89. The maximum absolute atomic E-state index is 11.2. The summed E-state index contributed by atoms with van der Waals surface area (Å²) in [6, 6.07) is -0.397. The Morgan fingerprint density at radius 1 is 1.36 bits per heavy atom. The Hall–Kier alpha value is -1.06. The third kappa shape index (κ3) is 1.08. The van der Waals surface area contributed by atoms with Gasteiger partial charge in [0, 0.05) is 0 Å². The van der Waals surface area contributed by atoms with Crippen molar-refractivity contribution in [2.75, 3.05) is 0 Å². The quantitative estimate of drug-likeness (QED) is 0.534. The predicted molar refractivity (Wildman–Crippen MR) is 39.9 cm³/mol. The topological polar surface area (TPSA) is 58.2 Å². The highest BCUT2D eigenvalue weighted by Gasteiger charge is 2.44. The van der Waals surface area contributed by atoms with Gasteiger partial charge in [0.2, 0.25) is 0 Å². The molecule has 62 valence electrons. The molecule has 11 heavy (non-hydrogen) atoms. The van der Waals surface area contributed by atoms with Crippen LogP contribution in [0.2, 0.25) is 0 Å². The first kappa shape index (κ1) is 8.04. The Morgan fingerprint density at radius 3 is 2.09 bits per heavy atom. The minimum atomic E-state index is -0.725. The molecular weight excluding hydrogens is 144 g/mol. The second-order valence-corrected chi connectivity index (χ2v) is 3.27. The summed E-state index contributed by atoms with van der Waals surface area (Å²) in [5.41, 5.74) is -0.725. The lowest BCUT2D eigenvalue weighted by Gasteiger charge is -2.24. The molecule has 0 saturated carbocycles. The van der Waals surface area contributed by atoms with Crippen molar-refractivity contribution in [3.05, 3.63) is 0 Å². The summed E-state index contributed by atoms with van der Waals surface area (Å²) in [6.45, 7) is 5.51. The summed E-state index contributed by atoms with van der Waals surface area (Å²) in [5, 5.41) is 4.78. The molecular formula is C7H12N2O2. The Morgan fingerprint density at radius 2 is 1.91 bits per heavy atom. The van der Waals surface area contributed by atoms with Crippen LogP contribution in [0.1, 0.15) is 20.8 Å². The van der Waals surface area contributed by atoms with Crippen molar-refractivity contribution in [1.29, 1.82) is 0 Å². The largest absolute Gasteiger partial charge is 0.323 e. The van der Waals surface area contributed by atoms with E-state index in [0.717, 1.165) is 0 Å². The van der Waals surface area contributed by atoms with Crippen molar-refractivity contribution < 1.29 is 9.59 Å². The van der Waals surface area contributed by atoms with Gasteiger partial charge in [-0.1, -0.05) is 13.8 Å². The van der Waals surface area contributed by atoms with E-state index in [1.54, 1.807) is 6.92 Å². The van der Waals surface area contributed by atoms with E-state index >= 15 is 0 Å². The van der Waals surface area contributed by atoms with Crippen LogP contribution in [0.25, 0.3) is 0 Å². The Balaban J connectivity index is 2.87. The molecule has 1 aliphatic rings. The van der Waals surface area contributed by atoms with Gasteiger partial charge in [-0.2, -0.15) is 0 Å². The standard InChI is InChI=1S/C7H12N2O2/c1-4(2)7(3)5(10)8-6(11)9-7/h4H,1-3H3,(H2,8,9,10,11)/t7-/m1/s1. The number of carbonyl (C=O) groups excluding carboxylic acids is 2. The first-order valence-electron chi connectivity index (χ1n) is 3.60. The Bertz CT molecular complexity index is 212. The zero-order valence-corrected chi connectivity index (χ0v) is 6.89. The van der Waals surface area contributed by atoms with E-state index in [-0.39, 0.29) is 11.8 Å². The molecule has 4 heteroatoms. The number of amides is 3. The number of carbonyl (C=O) groups is 2. The van der Waals surface area contributed by atoms with Crippen LogP contribution in [-0.2, 0) is 4.79 Å². The monoisotopic (exact) mass is 156 g/mol. The van der Waals surface area contributed by atoms with Crippen molar-refractivity contribution in [3.8, 4) is 0 Å². The van der Waals surface area contributed by atoms with Crippen LogP contribution in [0.5, 0.6) is 0 Å². The fraction of sp³-hybridized carbons (Fsp3) is 0.714. The molecule has 0 spiro atoms. The average Bonchev–Trinajstić information content (AvgIpc) is 2.08. The molecule has 1 heterocycles. The van der Waals surface area contributed by atoms with E-state index in [4.69, 9.17) is 0 Å². The molecule has 1 aliphatic heterocycles. The molecule has 0 aromatic rings. The average molecular weight is 156 g/mol. The van der Waals surface area contributed by atoms with Gasteiger partial charge in [0.25, 0.3) is 5.91 Å². The Labute approximate surface area is 65.3 Å². The van der Waals surface area contributed by atoms with Gasteiger partial charge in [-0.05, 0) is 12.8 Å². The summed E-state index contributed by atoms with van der Waals surface area (Å²) >= 11 is 0. The van der Waals surface area contributed by atoms with Gasteiger partial charge in [0.15, 0.2) is 0 Å². The normalized spacial score (nSPS) is 30.5. The van der Waals surface area contributed by atoms with E-state index in [1.165, 1.54) is 0 Å². The second kappa shape index (κ2) is 2.22. The van der Waals surface area contributed by atoms with Gasteiger partial charge < -0.3 is 5.32 Å². The summed E-state index contributed by atoms with van der Waals surface area (Å²) in [4.78, 5) is 21.9. The smallest absolute Gasteiger partial charge is 0.322 e. The van der Waals surface area contributed by atoms with E-state index in [1.807, 2.05) is 13.8 Å². The van der Waals surface area contributed by atoms with Crippen molar-refractivity contribution in [3.63, 3.8) is 0 Å². The first-order chi connectivity index (χ1) is 4.97. The van der Waals surface area contributed by atoms with Gasteiger partial charge >= 0.3 is 6.03 Å². The summed E-state index contributed by atoms with van der Waals surface area (Å²) in [5.74, 6) is -0.133. The van der Waals surface area contributed by atoms with Crippen LogP contribution in [0.15, 0.2) is 0 Å². The number of hydrogen-bond acceptors (Lipinski definition) is 2. The van der Waals surface area contributed by atoms with Crippen molar-refractivity contribution in [2.24, 2.45) is 5.92 Å². The predicted octanol–water partition coefficient (Wildman–Crippen LogP) is 0.241. The molecule has 1 fully saturated rings. The number of nitrogens with one attached hydrogen (secondary N) is 2. The number of rotatable bonds is 1. The maximum Gasteiger partial charge on any atom is 0.322 e. The molecule has 1 atom stereocenters. The highest BCUT2D eigenvalue weighted by Crippen LogP contribution is 2.19. The molecule has 1 saturated heterocycles. The fourth-order valence-electron chi connectivity index (χ4n) is 0.963. The second-order valence-electron chi connectivity index (χ2n) is 3.27. The Kier molecular flexibility index (Phi) is 1.62. The number of urea groups is 1. The van der Waals surface area contributed by atoms with Crippen LogP contribution >= 0.6 is 0 Å². The molecule has 0 radical (unpaired) electrons. The molecule has 4 nitrogen and oxygen atoms in total. The van der Waals surface area contributed by atoms with Crippen LogP contribution < -0.4 is 10.6 Å². The van der Waals surface area contributed by atoms with E-state index in [0.29, 0.717) is 0 Å². The zero-order chi connectivity index (χ0) is 8.65. The summed E-state index contributed by atoms with van der Waals surface area (Å²) in [7, 11) is 0. The first-order valence-corrected chi connectivity index (χ1v) is 3.60. The maximum atomic E-state index is 11.2. The SMILES string of the molecule is CC(C)[C@@]1(C)NC(=O)NC1=O. The fourth-order valence-corrected chi connectivity index (χ4v) is 0.963. The van der Waals surface area contributed by atoms with Gasteiger partial charge in [-0.15, -0.1) is 0 Å². The van der Waals surface area contributed by atoms with Crippen LogP contribution in [-0.4, -0.2) is 17.5 Å². The van der Waals surface area contributed by atoms with Gasteiger partial charge in [0.1, 0.15) is 5.54 Å². The summed E-state index contributed by atoms with van der Waals surface area (Å²) < 4.78 is 0. The van der Waals surface area contributed by atoms with Crippen molar-refractivity contribution in [2.45, 2.75) is 26.3 Å². The van der Waals surface area contributed by atoms with Crippen molar-refractivity contribution in [1.82, 2.24) is 10.6 Å². The molecule has 0 aromatic carbocycles. The molecule has 0 aliphatic carbocycles. The molecule has 0 bridgehead atoms. The molecule has 0 unspecified atom stereocenters. The van der Waals surface area contributed by atoms with E-state index < -0.39 is 11.6 Å². The van der Waals surface area contributed by atoms with Crippen LogP contribution in [0.4, 0.5) is 4.79 Å². The lowest BCUT2D eigenvalue weighted by molar-refractivity contribution is -0.124. The molecule has 1 rings (SSSR count). The minimum absolute atomic E-state index is 0.106. The summed E-state index contributed by atoms with van der Waals surface area (Å²) in [6.07, 6.45) is 0. The highest BCUT2D eigenvalue weighted by molar-refractivity contribution is 6.06. The lowest BCUT2D eigenvalue weighted by Crippen LogP contribution is -2.48. The molecule has 0 aromatic heterocycles.